The summed E-state index contributed by atoms with van der Waals surface area (Å²) in [6.45, 7) is 0. The minimum atomic E-state index is -7.90. The van der Waals surface area contributed by atoms with Crippen LogP contribution >= 0.6 is 0 Å². The Morgan fingerprint density at radius 3 is 1.10 bits per heavy atom. The third kappa shape index (κ3) is 3.11. The summed E-state index contributed by atoms with van der Waals surface area (Å²) in [5.41, 5.74) is 0. The van der Waals surface area contributed by atoms with Crippen LogP contribution in [0.1, 0.15) is 0 Å². The van der Waals surface area contributed by atoms with Gasteiger partial charge >= 0.3 is 48.7 Å². The molecular weight excluding hydrogens is 414 g/mol. The average molecular weight is 414 g/mol. The number of rotatable bonds is 4. The molecule has 0 atom stereocenters. The fourth-order valence-electron chi connectivity index (χ4n) is 0.715. The van der Waals surface area contributed by atoms with Gasteiger partial charge in [-0.1, -0.05) is 0 Å². The van der Waals surface area contributed by atoms with E-state index in [1.807, 2.05) is 0 Å². The van der Waals surface area contributed by atoms with E-state index in [4.69, 9.17) is 0 Å². The molecule has 0 aliphatic rings. The number of alkyl halides is 11. The van der Waals surface area contributed by atoms with E-state index in [0.717, 1.165) is 0 Å². The van der Waals surface area contributed by atoms with Crippen LogP contribution in [0.4, 0.5) is 48.3 Å². The molecule has 0 fully saturated rings. The fourth-order valence-corrected chi connectivity index (χ4v) is 1.16. The van der Waals surface area contributed by atoms with Gasteiger partial charge in [0.1, 0.15) is 0 Å². The van der Waals surface area contributed by atoms with Crippen molar-refractivity contribution in [1.82, 2.24) is 0 Å². The van der Waals surface area contributed by atoms with Crippen LogP contribution in [0.5, 0.6) is 0 Å². The van der Waals surface area contributed by atoms with E-state index < -0.39 is 39.3 Å². The molecule has 0 aromatic carbocycles. The van der Waals surface area contributed by atoms with Gasteiger partial charge in [0.2, 0.25) is 0 Å². The Kier molecular flexibility index (Phi) is 5.97. The summed E-state index contributed by atoms with van der Waals surface area (Å²) in [4.78, 5) is 0. The van der Waals surface area contributed by atoms with E-state index in [-0.39, 0.29) is 19.5 Å². The van der Waals surface area contributed by atoms with Crippen molar-refractivity contribution in [3.63, 3.8) is 0 Å². The molecule has 0 heterocycles. The monoisotopic (exact) mass is 413 g/mol. The molecule has 0 saturated heterocycles. The Bertz CT molecular complexity index is 481. The average Bonchev–Trinajstić information content (AvgIpc) is 2.12. The zero-order valence-electron chi connectivity index (χ0n) is 9.00. The van der Waals surface area contributed by atoms with Crippen molar-refractivity contribution < 1.29 is 80.7 Å². The van der Waals surface area contributed by atoms with Crippen molar-refractivity contribution in [1.29, 1.82) is 0 Å². The van der Waals surface area contributed by atoms with Crippen molar-refractivity contribution in [2.75, 3.05) is 0 Å². The summed E-state index contributed by atoms with van der Waals surface area (Å²) < 4.78 is 162. The van der Waals surface area contributed by atoms with Gasteiger partial charge in [-0.15, -0.1) is 0 Å². The Morgan fingerprint density at radius 1 is 0.619 bits per heavy atom. The predicted octanol–water partition coefficient (Wildman–Crippen LogP) is 2.59. The Balaban J connectivity index is 0. The molecule has 122 valence electrons. The van der Waals surface area contributed by atoms with Crippen LogP contribution in [0.15, 0.2) is 0 Å². The third-order valence-electron chi connectivity index (χ3n) is 1.82. The SMILES string of the molecule is O=S(=O)([O-])C(F)(F)C(F)(F)C(F)(F)C(F)(F)C(F)(F)F.[Zn+2]. The molecule has 0 unspecified atom stereocenters. The van der Waals surface area contributed by atoms with Crippen LogP contribution < -0.4 is 0 Å². The van der Waals surface area contributed by atoms with E-state index in [0.29, 0.717) is 0 Å². The van der Waals surface area contributed by atoms with Crippen molar-refractivity contribution >= 4 is 10.1 Å². The maximum atomic E-state index is 12.4. The van der Waals surface area contributed by atoms with E-state index in [1.165, 1.54) is 0 Å². The molecule has 0 amide bonds. The molecule has 0 aliphatic heterocycles. The molecule has 0 aliphatic carbocycles. The van der Waals surface area contributed by atoms with Crippen molar-refractivity contribution in [2.45, 2.75) is 29.2 Å². The summed E-state index contributed by atoms with van der Waals surface area (Å²) in [5, 5.41) is -7.40. The van der Waals surface area contributed by atoms with Gasteiger partial charge in [0, 0.05) is 0 Å². The van der Waals surface area contributed by atoms with Crippen molar-refractivity contribution in [3.8, 4) is 0 Å². The third-order valence-corrected chi connectivity index (χ3v) is 2.71. The minimum absolute atomic E-state index is 0. The molecule has 3 nitrogen and oxygen atoms in total. The molecule has 0 bridgehead atoms. The standard InChI is InChI=1S/C5HF11O3S.Zn/c6-1(7,2(8,9)4(12,13)14)3(10,11)5(15,16)20(17,18)19;/h(H,17,18,19);/q;+2/p-1. The Hall–Kier alpha value is -0.237. The maximum absolute atomic E-state index is 12.4. The van der Waals surface area contributed by atoms with Gasteiger partial charge in [-0.05, 0) is 0 Å². The van der Waals surface area contributed by atoms with Gasteiger partial charge < -0.3 is 4.55 Å². The Labute approximate surface area is 121 Å². The summed E-state index contributed by atoms with van der Waals surface area (Å²) >= 11 is 0. The summed E-state index contributed by atoms with van der Waals surface area (Å²) in [5.74, 6) is -23.4. The summed E-state index contributed by atoms with van der Waals surface area (Å²) in [6.07, 6.45) is -7.41. The zero-order valence-corrected chi connectivity index (χ0v) is 12.8. The quantitative estimate of drug-likeness (QED) is 0.404. The zero-order chi connectivity index (χ0) is 17.0. The van der Waals surface area contributed by atoms with E-state index in [9.17, 15) is 61.3 Å². The minimum Gasteiger partial charge on any atom is -0.743 e. The summed E-state index contributed by atoms with van der Waals surface area (Å²) in [7, 11) is -7.66. The number of halogens is 11. The van der Waals surface area contributed by atoms with Gasteiger partial charge in [-0.2, -0.15) is 48.3 Å². The van der Waals surface area contributed by atoms with Crippen LogP contribution in [-0.4, -0.2) is 42.2 Å². The first-order valence-corrected chi connectivity index (χ1v) is 5.19. The first-order valence-electron chi connectivity index (χ1n) is 3.78. The largest absolute Gasteiger partial charge is 2.00 e. The number of hydrogen-bond acceptors (Lipinski definition) is 3. The molecule has 16 heteroatoms. The maximum Gasteiger partial charge on any atom is 2.00 e. The van der Waals surface area contributed by atoms with Gasteiger partial charge in [0.15, 0.2) is 10.1 Å². The fraction of sp³-hybridized carbons (Fsp3) is 1.00. The molecule has 0 rings (SSSR count). The molecule has 0 radical (unpaired) electrons. The van der Waals surface area contributed by atoms with E-state index in [1.54, 1.807) is 0 Å². The second-order valence-electron chi connectivity index (χ2n) is 3.19. The van der Waals surface area contributed by atoms with Gasteiger partial charge in [0.05, 0.1) is 0 Å². The second kappa shape index (κ2) is 5.44. The number of hydrogen-bond donors (Lipinski definition) is 0. The smallest absolute Gasteiger partial charge is 0.743 e. The molecular formula is C5F11O3SZn+. The predicted molar refractivity (Wildman–Crippen MR) is 35.5 cm³/mol. The van der Waals surface area contributed by atoms with E-state index >= 15 is 0 Å². The molecule has 0 spiro atoms. The normalized spacial score (nSPS) is 15.6. The molecule has 0 aromatic rings. The first-order chi connectivity index (χ1) is 8.25. The van der Waals surface area contributed by atoms with Crippen molar-refractivity contribution in [2.24, 2.45) is 0 Å². The van der Waals surface area contributed by atoms with Crippen LogP contribution in [-0.2, 0) is 29.6 Å². The van der Waals surface area contributed by atoms with Crippen LogP contribution in [0.3, 0.4) is 0 Å². The Morgan fingerprint density at radius 2 is 0.905 bits per heavy atom. The first kappa shape index (κ1) is 23.0. The van der Waals surface area contributed by atoms with E-state index in [2.05, 4.69) is 0 Å². The molecule has 0 N–H and O–H groups in total. The van der Waals surface area contributed by atoms with Crippen LogP contribution in [0, 0.1) is 0 Å². The molecule has 21 heavy (non-hydrogen) atoms. The summed E-state index contributed by atoms with van der Waals surface area (Å²) in [6, 6.07) is 0. The van der Waals surface area contributed by atoms with Gasteiger partial charge in [0.25, 0.3) is 0 Å². The van der Waals surface area contributed by atoms with Gasteiger partial charge in [-0.3, -0.25) is 0 Å². The van der Waals surface area contributed by atoms with Crippen LogP contribution in [0.2, 0.25) is 0 Å². The topological polar surface area (TPSA) is 57.2 Å². The van der Waals surface area contributed by atoms with Gasteiger partial charge in [-0.25, -0.2) is 8.42 Å². The van der Waals surface area contributed by atoms with Crippen LogP contribution in [0.25, 0.3) is 0 Å². The molecule has 0 aromatic heterocycles. The molecule has 0 saturated carbocycles. The second-order valence-corrected chi connectivity index (χ2v) is 4.61. The van der Waals surface area contributed by atoms with Crippen molar-refractivity contribution in [3.05, 3.63) is 0 Å².